The van der Waals surface area contributed by atoms with Crippen LogP contribution in [0, 0.1) is 0 Å². The first-order valence-corrected chi connectivity index (χ1v) is 10.5. The van der Waals surface area contributed by atoms with Crippen LogP contribution in [-0.2, 0) is 21.1 Å². The summed E-state index contributed by atoms with van der Waals surface area (Å²) in [6.45, 7) is 3.67. The van der Waals surface area contributed by atoms with E-state index in [4.69, 9.17) is 0 Å². The molecule has 7 heteroatoms. The van der Waals surface area contributed by atoms with Gasteiger partial charge in [0, 0.05) is 11.4 Å². The molecule has 1 unspecified atom stereocenters. The monoisotopic (exact) mass is 381 g/mol. The van der Waals surface area contributed by atoms with E-state index in [1.165, 1.54) is 11.3 Å². The summed E-state index contributed by atoms with van der Waals surface area (Å²) in [6.07, 6.45) is 0.0652. The number of carbonyl (C=O) groups excluding carboxylic acids is 1. The van der Waals surface area contributed by atoms with Crippen molar-refractivity contribution in [2.24, 2.45) is 0 Å². The molecule has 1 heterocycles. The van der Waals surface area contributed by atoms with Gasteiger partial charge in [0.15, 0.2) is 9.84 Å². The van der Waals surface area contributed by atoms with Crippen molar-refractivity contribution in [2.45, 2.75) is 42.9 Å². The Morgan fingerprint density at radius 2 is 1.88 bits per heavy atom. The Balaban J connectivity index is 1.82. The lowest BCUT2D eigenvalue weighted by Crippen LogP contribution is -2.27. The topological polar surface area (TPSA) is 83.5 Å². The van der Waals surface area contributed by atoms with Gasteiger partial charge in [-0.15, -0.1) is 11.3 Å². The fourth-order valence-electron chi connectivity index (χ4n) is 2.29. The van der Waals surface area contributed by atoms with Crippen molar-refractivity contribution in [3.05, 3.63) is 52.2 Å². The first-order valence-electron chi connectivity index (χ1n) is 8.11. The summed E-state index contributed by atoms with van der Waals surface area (Å²) in [4.78, 5) is 13.1. The van der Waals surface area contributed by atoms with Gasteiger partial charge in [-0.25, -0.2) is 8.42 Å². The highest BCUT2D eigenvalue weighted by atomic mass is 32.2. The van der Waals surface area contributed by atoms with E-state index in [-0.39, 0.29) is 17.2 Å². The first-order chi connectivity index (χ1) is 11.8. The maximum atomic E-state index is 12.1. The van der Waals surface area contributed by atoms with Crippen LogP contribution in [0.3, 0.4) is 0 Å². The molecule has 25 heavy (non-hydrogen) atoms. The molecule has 1 atom stereocenters. The number of carbonyl (C=O) groups is 1. The van der Waals surface area contributed by atoms with Gasteiger partial charge in [0.1, 0.15) is 0 Å². The molecule has 136 valence electrons. The van der Waals surface area contributed by atoms with Crippen molar-refractivity contribution in [2.75, 3.05) is 6.54 Å². The number of nitrogens with one attached hydrogen (secondary N) is 1. The first kappa shape index (κ1) is 19.6. The molecule has 1 aromatic carbocycles. The smallest absolute Gasteiger partial charge is 0.224 e. The minimum atomic E-state index is -3.29. The molecule has 0 saturated heterocycles. The molecule has 2 aromatic rings. The molecular formula is C18H23NO4S2. The van der Waals surface area contributed by atoms with E-state index in [2.05, 4.69) is 5.32 Å². The van der Waals surface area contributed by atoms with Crippen molar-refractivity contribution in [1.82, 2.24) is 5.32 Å². The molecule has 2 rings (SSSR count). The van der Waals surface area contributed by atoms with E-state index in [1.807, 2.05) is 17.5 Å². The van der Waals surface area contributed by atoms with E-state index < -0.39 is 21.2 Å². The Labute approximate surface area is 152 Å². The van der Waals surface area contributed by atoms with E-state index >= 15 is 0 Å². The van der Waals surface area contributed by atoms with Gasteiger partial charge in [0.05, 0.1) is 22.7 Å². The number of rotatable bonds is 8. The Bertz CT molecular complexity index is 781. The summed E-state index contributed by atoms with van der Waals surface area (Å²) in [6, 6.07) is 10.1. The lowest BCUT2D eigenvalue weighted by atomic mass is 10.1. The van der Waals surface area contributed by atoms with Gasteiger partial charge >= 0.3 is 0 Å². The fourth-order valence-corrected chi connectivity index (χ4v) is 4.09. The molecule has 2 N–H and O–H groups in total. The third kappa shape index (κ3) is 5.39. The highest BCUT2D eigenvalue weighted by molar-refractivity contribution is 7.92. The number of benzene rings is 1. The van der Waals surface area contributed by atoms with Crippen LogP contribution >= 0.6 is 11.3 Å². The zero-order valence-corrected chi connectivity index (χ0v) is 15.9. The van der Waals surface area contributed by atoms with Crippen molar-refractivity contribution in [1.29, 1.82) is 0 Å². The molecule has 0 aliphatic carbocycles. The number of sulfone groups is 1. The minimum absolute atomic E-state index is 0.155. The predicted molar refractivity (Wildman–Crippen MR) is 99.4 cm³/mol. The Hall–Kier alpha value is -1.70. The zero-order valence-electron chi connectivity index (χ0n) is 14.3. The number of aliphatic hydroxyl groups excluding tert-OH is 1. The zero-order chi connectivity index (χ0) is 18.4. The van der Waals surface area contributed by atoms with E-state index in [0.717, 1.165) is 10.4 Å². The van der Waals surface area contributed by atoms with Crippen LogP contribution in [-0.4, -0.2) is 31.2 Å². The minimum Gasteiger partial charge on any atom is -0.388 e. The van der Waals surface area contributed by atoms with Gasteiger partial charge in [-0.05, 0) is 49.4 Å². The molecular weight excluding hydrogens is 358 g/mol. The fraction of sp³-hybridized carbons (Fsp3) is 0.389. The molecule has 1 amide bonds. The second-order valence-electron chi connectivity index (χ2n) is 6.08. The summed E-state index contributed by atoms with van der Waals surface area (Å²) in [5, 5.41) is 14.2. The Morgan fingerprint density at radius 3 is 2.44 bits per heavy atom. The summed E-state index contributed by atoms with van der Waals surface area (Å²) in [5.74, 6) is -0.155. The van der Waals surface area contributed by atoms with Crippen LogP contribution in [0.5, 0.6) is 0 Å². The maximum Gasteiger partial charge on any atom is 0.224 e. The number of amides is 1. The molecule has 5 nitrogen and oxygen atoms in total. The van der Waals surface area contributed by atoms with E-state index in [1.54, 1.807) is 38.1 Å². The van der Waals surface area contributed by atoms with Crippen molar-refractivity contribution in [3.63, 3.8) is 0 Å². The van der Waals surface area contributed by atoms with Crippen molar-refractivity contribution < 1.29 is 18.3 Å². The molecule has 0 aliphatic rings. The van der Waals surface area contributed by atoms with Crippen LogP contribution < -0.4 is 5.32 Å². The lowest BCUT2D eigenvalue weighted by molar-refractivity contribution is -0.120. The molecule has 0 spiro atoms. The van der Waals surface area contributed by atoms with Crippen LogP contribution in [0.1, 0.15) is 36.8 Å². The van der Waals surface area contributed by atoms with Gasteiger partial charge in [-0.2, -0.15) is 0 Å². The Kier molecular flexibility index (Phi) is 6.75. The molecule has 0 radical (unpaired) electrons. The van der Waals surface area contributed by atoms with Crippen LogP contribution in [0.2, 0.25) is 0 Å². The SMILES string of the molecule is CC(C)S(=O)(=O)c1ccc(CC(=O)NCCC(O)c2cccs2)cc1. The number of aliphatic hydroxyl groups is 1. The maximum absolute atomic E-state index is 12.1. The predicted octanol–water partition coefficient (Wildman–Crippen LogP) is 2.71. The van der Waals surface area contributed by atoms with Crippen molar-refractivity contribution >= 4 is 27.1 Å². The molecule has 0 aliphatic heterocycles. The standard InChI is InChI=1S/C18H23NO4S2/c1-13(2)25(22,23)15-7-5-14(6-8-15)12-18(21)19-10-9-16(20)17-4-3-11-24-17/h3-8,11,13,16,20H,9-10,12H2,1-2H3,(H,19,21). The number of hydrogen-bond donors (Lipinski definition) is 2. The van der Waals surface area contributed by atoms with E-state index in [9.17, 15) is 18.3 Å². The third-order valence-corrected chi connectivity index (χ3v) is 6.99. The summed E-state index contributed by atoms with van der Waals surface area (Å²) >= 11 is 1.49. The van der Waals surface area contributed by atoms with Crippen LogP contribution in [0.25, 0.3) is 0 Å². The largest absolute Gasteiger partial charge is 0.388 e. The lowest BCUT2D eigenvalue weighted by Gasteiger charge is -2.10. The van der Waals surface area contributed by atoms with Crippen molar-refractivity contribution in [3.8, 4) is 0 Å². The third-order valence-electron chi connectivity index (χ3n) is 3.85. The van der Waals surface area contributed by atoms with Gasteiger partial charge in [-0.3, -0.25) is 4.79 Å². The van der Waals surface area contributed by atoms with Crippen LogP contribution in [0.4, 0.5) is 0 Å². The van der Waals surface area contributed by atoms with Gasteiger partial charge in [-0.1, -0.05) is 18.2 Å². The van der Waals surface area contributed by atoms with E-state index in [0.29, 0.717) is 13.0 Å². The quantitative estimate of drug-likeness (QED) is 0.736. The Morgan fingerprint density at radius 1 is 1.20 bits per heavy atom. The highest BCUT2D eigenvalue weighted by Gasteiger charge is 2.18. The second-order valence-corrected chi connectivity index (χ2v) is 9.57. The molecule has 0 bridgehead atoms. The molecule has 0 fully saturated rings. The van der Waals surface area contributed by atoms with Gasteiger partial charge in [0.25, 0.3) is 0 Å². The number of thiophene rings is 1. The molecule has 0 saturated carbocycles. The second kappa shape index (κ2) is 8.60. The van der Waals surface area contributed by atoms with Gasteiger partial charge < -0.3 is 10.4 Å². The molecule has 1 aromatic heterocycles. The van der Waals surface area contributed by atoms with Crippen LogP contribution in [0.15, 0.2) is 46.7 Å². The number of hydrogen-bond acceptors (Lipinski definition) is 5. The average Bonchev–Trinajstić information content (AvgIpc) is 3.09. The van der Waals surface area contributed by atoms with Gasteiger partial charge in [0.2, 0.25) is 5.91 Å². The summed E-state index contributed by atoms with van der Waals surface area (Å²) in [5.41, 5.74) is 0.749. The normalized spacial score (nSPS) is 13.0. The highest BCUT2D eigenvalue weighted by Crippen LogP contribution is 2.21. The average molecular weight is 382 g/mol. The summed E-state index contributed by atoms with van der Waals surface area (Å²) in [7, 11) is -3.29. The summed E-state index contributed by atoms with van der Waals surface area (Å²) < 4.78 is 24.1.